The summed E-state index contributed by atoms with van der Waals surface area (Å²) in [7, 11) is 1.71. The van der Waals surface area contributed by atoms with Gasteiger partial charge in [-0.25, -0.2) is 4.98 Å². The van der Waals surface area contributed by atoms with Crippen molar-refractivity contribution < 1.29 is 4.79 Å². The number of carbonyl (C=O) groups is 1. The molecule has 2 heterocycles. The van der Waals surface area contributed by atoms with E-state index < -0.39 is 5.41 Å². The zero-order valence-corrected chi connectivity index (χ0v) is 22.7. The number of H-pyrrole nitrogens is 1. The Balaban J connectivity index is 1.50. The number of anilines is 2. The molecule has 0 atom stereocenters. The highest BCUT2D eigenvalue weighted by molar-refractivity contribution is 6.04. The molecule has 9 heteroatoms. The third-order valence-electron chi connectivity index (χ3n) is 7.94. The first kappa shape index (κ1) is 26.6. The van der Waals surface area contributed by atoms with E-state index in [9.17, 15) is 9.59 Å². The Bertz CT molecular complexity index is 981. The molecule has 4 rings (SSSR count). The van der Waals surface area contributed by atoms with Crippen molar-refractivity contribution in [2.45, 2.75) is 65.7 Å². The molecule has 0 unspecified atom stereocenters. The van der Waals surface area contributed by atoms with Crippen LogP contribution in [0.5, 0.6) is 0 Å². The maximum atomic E-state index is 13.1. The zero-order chi connectivity index (χ0) is 25.9. The van der Waals surface area contributed by atoms with Crippen molar-refractivity contribution in [2.75, 3.05) is 63.1 Å². The fourth-order valence-corrected chi connectivity index (χ4v) is 5.39. The SMILES string of the molecule is CNc1c(C(=N)C(C)(C)C)nc(N(CCN2CCN(C(=O)C3CC3)CC2)CC2CCCCC2)[nH]c1=O. The third kappa shape index (κ3) is 6.47. The van der Waals surface area contributed by atoms with Crippen LogP contribution in [-0.2, 0) is 4.79 Å². The molecule has 0 radical (unpaired) electrons. The van der Waals surface area contributed by atoms with Gasteiger partial charge >= 0.3 is 0 Å². The van der Waals surface area contributed by atoms with E-state index in [2.05, 4.69) is 20.1 Å². The van der Waals surface area contributed by atoms with Gasteiger partial charge in [0.2, 0.25) is 11.9 Å². The molecular weight excluding hydrogens is 454 g/mol. The van der Waals surface area contributed by atoms with E-state index >= 15 is 0 Å². The Kier molecular flexibility index (Phi) is 8.37. The molecular formula is C27H45N7O2. The number of nitrogens with one attached hydrogen (secondary N) is 3. The molecule has 36 heavy (non-hydrogen) atoms. The molecule has 2 saturated carbocycles. The lowest BCUT2D eigenvalue weighted by molar-refractivity contribution is -0.134. The highest BCUT2D eigenvalue weighted by atomic mass is 16.2. The van der Waals surface area contributed by atoms with Crippen LogP contribution in [-0.4, -0.2) is 84.2 Å². The predicted molar refractivity (Wildman–Crippen MR) is 145 cm³/mol. The van der Waals surface area contributed by atoms with Crippen LogP contribution in [0, 0.1) is 22.7 Å². The second-order valence-electron chi connectivity index (χ2n) is 11.9. The zero-order valence-electron chi connectivity index (χ0n) is 22.7. The molecule has 1 saturated heterocycles. The summed E-state index contributed by atoms with van der Waals surface area (Å²) >= 11 is 0. The van der Waals surface area contributed by atoms with Crippen molar-refractivity contribution in [3.8, 4) is 0 Å². The Morgan fingerprint density at radius 1 is 1.11 bits per heavy atom. The molecule has 0 spiro atoms. The number of aromatic nitrogens is 2. The number of amides is 1. The molecule has 3 aliphatic rings. The summed E-state index contributed by atoms with van der Waals surface area (Å²) in [6, 6.07) is 0. The maximum absolute atomic E-state index is 13.1. The predicted octanol–water partition coefficient (Wildman–Crippen LogP) is 3.17. The van der Waals surface area contributed by atoms with Crippen molar-refractivity contribution in [1.82, 2.24) is 19.8 Å². The van der Waals surface area contributed by atoms with E-state index in [1.807, 2.05) is 25.7 Å². The summed E-state index contributed by atoms with van der Waals surface area (Å²) in [5.41, 5.74) is 0.494. The Morgan fingerprint density at radius 2 is 1.78 bits per heavy atom. The van der Waals surface area contributed by atoms with Crippen LogP contribution in [0.3, 0.4) is 0 Å². The second-order valence-corrected chi connectivity index (χ2v) is 11.9. The van der Waals surface area contributed by atoms with Gasteiger partial charge in [0.25, 0.3) is 5.56 Å². The molecule has 1 aromatic rings. The van der Waals surface area contributed by atoms with Crippen molar-refractivity contribution in [3.05, 3.63) is 16.0 Å². The average molecular weight is 500 g/mol. The Morgan fingerprint density at radius 3 is 2.36 bits per heavy atom. The van der Waals surface area contributed by atoms with Crippen molar-refractivity contribution in [3.63, 3.8) is 0 Å². The molecule has 3 fully saturated rings. The summed E-state index contributed by atoms with van der Waals surface area (Å²) in [5.74, 6) is 1.78. The molecule has 1 aromatic heterocycles. The lowest BCUT2D eigenvalue weighted by Crippen LogP contribution is -2.51. The average Bonchev–Trinajstić information content (AvgIpc) is 3.71. The van der Waals surface area contributed by atoms with E-state index in [0.717, 1.165) is 58.7 Å². The molecule has 1 amide bonds. The van der Waals surface area contributed by atoms with Crippen molar-refractivity contribution >= 4 is 23.3 Å². The van der Waals surface area contributed by atoms with E-state index in [1.54, 1.807) is 7.05 Å². The molecule has 1 aliphatic heterocycles. The van der Waals surface area contributed by atoms with E-state index in [4.69, 9.17) is 10.4 Å². The third-order valence-corrected chi connectivity index (χ3v) is 7.94. The number of hydrogen-bond donors (Lipinski definition) is 3. The standard InChI is InChI=1S/C27H45N7O2/c1-27(2,3)23(28)21-22(29-4)24(35)31-26(30-21)34(18-19-8-6-5-7-9-19)17-14-32-12-15-33(16-13-32)25(36)20-10-11-20/h19-20,28-29H,5-18H2,1-4H3,(H,30,31,35). The lowest BCUT2D eigenvalue weighted by atomic mass is 9.87. The van der Waals surface area contributed by atoms with Gasteiger partial charge < -0.3 is 20.5 Å². The minimum atomic E-state index is -0.421. The number of aromatic amines is 1. The van der Waals surface area contributed by atoms with E-state index in [-0.39, 0.29) is 11.5 Å². The van der Waals surface area contributed by atoms with Gasteiger partial charge in [0.15, 0.2) is 0 Å². The van der Waals surface area contributed by atoms with Crippen molar-refractivity contribution in [2.24, 2.45) is 17.3 Å². The Hall–Kier alpha value is -2.42. The molecule has 0 aromatic carbocycles. The number of nitrogens with zero attached hydrogens (tertiary/aromatic N) is 4. The normalized spacial score (nSPS) is 19.8. The smallest absolute Gasteiger partial charge is 0.276 e. The van der Waals surface area contributed by atoms with Crippen LogP contribution in [0.4, 0.5) is 11.6 Å². The van der Waals surface area contributed by atoms with Gasteiger partial charge in [-0.05, 0) is 31.6 Å². The second kappa shape index (κ2) is 11.3. The minimum Gasteiger partial charge on any atom is -0.382 e. The number of rotatable bonds is 9. The first-order chi connectivity index (χ1) is 17.2. The Labute approximate surface area is 215 Å². The first-order valence-corrected chi connectivity index (χ1v) is 13.8. The van der Waals surface area contributed by atoms with Gasteiger partial charge in [0.05, 0.1) is 5.71 Å². The topological polar surface area (TPSA) is 108 Å². The van der Waals surface area contributed by atoms with E-state index in [0.29, 0.717) is 34.9 Å². The lowest BCUT2D eigenvalue weighted by Gasteiger charge is -2.37. The van der Waals surface area contributed by atoms with Gasteiger partial charge in [0.1, 0.15) is 11.4 Å². The summed E-state index contributed by atoms with van der Waals surface area (Å²) in [4.78, 5) is 40.1. The van der Waals surface area contributed by atoms with Crippen LogP contribution in [0.2, 0.25) is 0 Å². The molecule has 2 aliphatic carbocycles. The summed E-state index contributed by atoms with van der Waals surface area (Å²) in [5, 5.41) is 11.7. The number of piperazine rings is 1. The first-order valence-electron chi connectivity index (χ1n) is 13.8. The fraction of sp³-hybridized carbons (Fsp3) is 0.778. The summed E-state index contributed by atoms with van der Waals surface area (Å²) < 4.78 is 0. The molecule has 3 N–H and O–H groups in total. The quantitative estimate of drug-likeness (QED) is 0.451. The summed E-state index contributed by atoms with van der Waals surface area (Å²) in [6.07, 6.45) is 8.36. The van der Waals surface area contributed by atoms with Crippen molar-refractivity contribution in [1.29, 1.82) is 5.41 Å². The maximum Gasteiger partial charge on any atom is 0.276 e. The van der Waals surface area contributed by atoms with Gasteiger partial charge in [-0.1, -0.05) is 40.0 Å². The van der Waals surface area contributed by atoms with Crippen LogP contribution in [0.25, 0.3) is 0 Å². The van der Waals surface area contributed by atoms with Crippen LogP contribution < -0.4 is 15.8 Å². The van der Waals surface area contributed by atoms with Gasteiger partial charge in [-0.15, -0.1) is 0 Å². The molecule has 200 valence electrons. The summed E-state index contributed by atoms with van der Waals surface area (Å²) in [6.45, 7) is 11.8. The number of hydrogen-bond acceptors (Lipinski definition) is 7. The van der Waals surface area contributed by atoms with Crippen LogP contribution >= 0.6 is 0 Å². The van der Waals surface area contributed by atoms with Crippen LogP contribution in [0.1, 0.15) is 71.4 Å². The molecule has 0 bridgehead atoms. The number of carbonyl (C=O) groups excluding carboxylic acids is 1. The van der Waals surface area contributed by atoms with Gasteiger partial charge in [-0.3, -0.25) is 19.5 Å². The van der Waals surface area contributed by atoms with Gasteiger partial charge in [-0.2, -0.15) is 0 Å². The fourth-order valence-electron chi connectivity index (χ4n) is 5.39. The largest absolute Gasteiger partial charge is 0.382 e. The van der Waals surface area contributed by atoms with E-state index in [1.165, 1.54) is 32.1 Å². The highest BCUT2D eigenvalue weighted by Gasteiger charge is 2.34. The highest BCUT2D eigenvalue weighted by Crippen LogP contribution is 2.31. The molecule has 9 nitrogen and oxygen atoms in total. The monoisotopic (exact) mass is 499 g/mol. The van der Waals surface area contributed by atoms with Crippen LogP contribution in [0.15, 0.2) is 4.79 Å². The van der Waals surface area contributed by atoms with Gasteiger partial charge in [0, 0.05) is 64.2 Å². The minimum absolute atomic E-state index is 0.229.